The Morgan fingerprint density at radius 1 is 1.33 bits per heavy atom. The smallest absolute Gasteiger partial charge is 0.144 e. The molecule has 0 unspecified atom stereocenters. The summed E-state index contributed by atoms with van der Waals surface area (Å²) in [5.74, 6) is 0.315. The second-order valence-electron chi connectivity index (χ2n) is 4.55. The van der Waals surface area contributed by atoms with Crippen LogP contribution in [-0.4, -0.2) is 35.6 Å². The van der Waals surface area contributed by atoms with E-state index >= 15 is 0 Å². The van der Waals surface area contributed by atoms with Crippen LogP contribution in [0.4, 0.5) is 0 Å². The van der Waals surface area contributed by atoms with E-state index < -0.39 is 0 Å². The van der Waals surface area contributed by atoms with Gasteiger partial charge in [-0.1, -0.05) is 32.9 Å². The fraction of sp³-hybridized carbons (Fsp3) is 0.909. The van der Waals surface area contributed by atoms with Crippen LogP contribution in [0.15, 0.2) is 5.16 Å². The van der Waals surface area contributed by atoms with Gasteiger partial charge in [0.25, 0.3) is 0 Å². The molecule has 0 spiro atoms. The molecule has 0 amide bonds. The van der Waals surface area contributed by atoms with E-state index in [1.165, 1.54) is 0 Å². The van der Waals surface area contributed by atoms with Crippen LogP contribution in [0.1, 0.15) is 40.5 Å². The molecule has 0 heterocycles. The lowest BCUT2D eigenvalue weighted by Gasteiger charge is -2.27. The van der Waals surface area contributed by atoms with Crippen LogP contribution in [0.5, 0.6) is 0 Å². The first kappa shape index (κ1) is 14.2. The van der Waals surface area contributed by atoms with Crippen molar-refractivity contribution in [2.45, 2.75) is 40.5 Å². The number of hydrogen-bond donors (Lipinski definition) is 2. The van der Waals surface area contributed by atoms with Crippen LogP contribution in [0.2, 0.25) is 0 Å². The van der Waals surface area contributed by atoms with Gasteiger partial charge in [-0.2, -0.15) is 0 Å². The van der Waals surface area contributed by atoms with E-state index in [1.54, 1.807) is 0 Å². The summed E-state index contributed by atoms with van der Waals surface area (Å²) in [6, 6.07) is 0. The number of rotatable bonds is 7. The Kier molecular flexibility index (Phi) is 6.32. The molecule has 0 bridgehead atoms. The summed E-state index contributed by atoms with van der Waals surface area (Å²) < 4.78 is 0. The van der Waals surface area contributed by atoms with E-state index in [-0.39, 0.29) is 5.41 Å². The van der Waals surface area contributed by atoms with E-state index in [2.05, 4.69) is 23.9 Å². The molecular formula is C11H25N3O. The van der Waals surface area contributed by atoms with Gasteiger partial charge in [-0.05, 0) is 32.5 Å². The van der Waals surface area contributed by atoms with Gasteiger partial charge in [0.1, 0.15) is 5.84 Å². The van der Waals surface area contributed by atoms with Crippen molar-refractivity contribution in [1.82, 2.24) is 4.90 Å². The average molecular weight is 215 g/mol. The highest BCUT2D eigenvalue weighted by atomic mass is 16.4. The largest absolute Gasteiger partial charge is 0.409 e. The number of oxime groups is 1. The Morgan fingerprint density at radius 3 is 2.33 bits per heavy atom. The van der Waals surface area contributed by atoms with Crippen LogP contribution in [0.25, 0.3) is 0 Å². The molecule has 4 nitrogen and oxygen atoms in total. The molecule has 0 rings (SSSR count). The van der Waals surface area contributed by atoms with Crippen molar-refractivity contribution in [2.24, 2.45) is 16.3 Å². The molecule has 0 aliphatic rings. The minimum Gasteiger partial charge on any atom is -0.409 e. The molecule has 0 aromatic rings. The monoisotopic (exact) mass is 215 g/mol. The molecule has 0 aliphatic heterocycles. The van der Waals surface area contributed by atoms with Gasteiger partial charge >= 0.3 is 0 Å². The normalized spacial score (nSPS) is 13.5. The first-order valence-corrected chi connectivity index (χ1v) is 5.68. The minimum absolute atomic E-state index is 0.226. The van der Waals surface area contributed by atoms with Gasteiger partial charge in [0.05, 0.1) is 0 Å². The fourth-order valence-corrected chi connectivity index (χ4v) is 1.45. The molecule has 0 saturated carbocycles. The van der Waals surface area contributed by atoms with Gasteiger partial charge in [-0.15, -0.1) is 0 Å². The van der Waals surface area contributed by atoms with Crippen LogP contribution in [0, 0.1) is 5.41 Å². The van der Waals surface area contributed by atoms with E-state index in [0.717, 1.165) is 32.5 Å². The Balaban J connectivity index is 4.12. The van der Waals surface area contributed by atoms with Gasteiger partial charge < -0.3 is 15.8 Å². The summed E-state index contributed by atoms with van der Waals surface area (Å²) in [6.07, 6.45) is 2.08. The van der Waals surface area contributed by atoms with E-state index in [4.69, 9.17) is 10.9 Å². The molecule has 0 aromatic carbocycles. The van der Waals surface area contributed by atoms with Gasteiger partial charge in [0.2, 0.25) is 0 Å². The third-order valence-electron chi connectivity index (χ3n) is 2.84. The highest BCUT2D eigenvalue weighted by Crippen LogP contribution is 2.20. The summed E-state index contributed by atoms with van der Waals surface area (Å²) in [4.78, 5) is 2.38. The van der Waals surface area contributed by atoms with Gasteiger partial charge in [-0.3, -0.25) is 0 Å². The van der Waals surface area contributed by atoms with Crippen molar-refractivity contribution in [3.63, 3.8) is 0 Å². The molecule has 90 valence electrons. The van der Waals surface area contributed by atoms with Gasteiger partial charge in [-0.25, -0.2) is 0 Å². The molecule has 4 heteroatoms. The second-order valence-corrected chi connectivity index (χ2v) is 4.55. The quantitative estimate of drug-likeness (QED) is 0.295. The number of hydrogen-bond acceptors (Lipinski definition) is 3. The van der Waals surface area contributed by atoms with E-state index in [9.17, 15) is 0 Å². The van der Waals surface area contributed by atoms with Crippen LogP contribution < -0.4 is 5.73 Å². The summed E-state index contributed by atoms with van der Waals surface area (Å²) in [6.45, 7) is 11.5. The molecule has 0 atom stereocenters. The first-order valence-electron chi connectivity index (χ1n) is 5.68. The van der Waals surface area contributed by atoms with Crippen LogP contribution >= 0.6 is 0 Å². The second kappa shape index (κ2) is 6.67. The summed E-state index contributed by atoms with van der Waals surface area (Å²) >= 11 is 0. The lowest BCUT2D eigenvalue weighted by molar-refractivity contribution is 0.250. The van der Waals surface area contributed by atoms with Gasteiger partial charge in [0, 0.05) is 5.41 Å². The Hall–Kier alpha value is -0.770. The summed E-state index contributed by atoms with van der Waals surface area (Å²) in [7, 11) is 0. The van der Waals surface area contributed by atoms with Gasteiger partial charge in [0.15, 0.2) is 0 Å². The number of nitrogens with two attached hydrogens (primary N) is 1. The third-order valence-corrected chi connectivity index (χ3v) is 2.84. The SMILES string of the molecule is CCCN(CC)CCC(C)(C)C(N)=NO. The molecule has 0 aliphatic carbocycles. The zero-order chi connectivity index (χ0) is 11.9. The Morgan fingerprint density at radius 2 is 1.93 bits per heavy atom. The zero-order valence-corrected chi connectivity index (χ0v) is 10.5. The van der Waals surface area contributed by atoms with Crippen molar-refractivity contribution >= 4 is 5.84 Å². The predicted octanol–water partition coefficient (Wildman–Crippen LogP) is 1.88. The van der Waals surface area contributed by atoms with Crippen molar-refractivity contribution in [3.8, 4) is 0 Å². The summed E-state index contributed by atoms with van der Waals surface area (Å²) in [5, 5.41) is 11.7. The minimum atomic E-state index is -0.226. The Labute approximate surface area is 93.1 Å². The van der Waals surface area contributed by atoms with E-state index in [0.29, 0.717) is 5.84 Å². The maximum atomic E-state index is 8.65. The molecule has 0 radical (unpaired) electrons. The highest BCUT2D eigenvalue weighted by molar-refractivity contribution is 5.85. The summed E-state index contributed by atoms with van der Waals surface area (Å²) in [5.41, 5.74) is 5.41. The van der Waals surface area contributed by atoms with Crippen molar-refractivity contribution in [3.05, 3.63) is 0 Å². The number of amidine groups is 1. The van der Waals surface area contributed by atoms with Crippen molar-refractivity contribution in [2.75, 3.05) is 19.6 Å². The first-order chi connectivity index (χ1) is 6.97. The van der Waals surface area contributed by atoms with Crippen molar-refractivity contribution < 1.29 is 5.21 Å². The third kappa shape index (κ3) is 5.02. The molecule has 0 fully saturated rings. The molecule has 15 heavy (non-hydrogen) atoms. The lowest BCUT2D eigenvalue weighted by Crippen LogP contribution is -2.36. The maximum Gasteiger partial charge on any atom is 0.144 e. The molecular weight excluding hydrogens is 190 g/mol. The Bertz CT molecular complexity index is 202. The average Bonchev–Trinajstić information content (AvgIpc) is 2.22. The zero-order valence-electron chi connectivity index (χ0n) is 10.5. The lowest BCUT2D eigenvalue weighted by atomic mass is 9.88. The predicted molar refractivity (Wildman–Crippen MR) is 64.2 cm³/mol. The van der Waals surface area contributed by atoms with Crippen molar-refractivity contribution in [1.29, 1.82) is 0 Å². The topological polar surface area (TPSA) is 61.8 Å². The fourth-order valence-electron chi connectivity index (χ4n) is 1.45. The van der Waals surface area contributed by atoms with E-state index in [1.807, 2.05) is 13.8 Å². The van der Waals surface area contributed by atoms with Crippen LogP contribution in [0.3, 0.4) is 0 Å². The highest BCUT2D eigenvalue weighted by Gasteiger charge is 2.23. The maximum absolute atomic E-state index is 8.65. The molecule has 0 saturated heterocycles. The number of nitrogens with zero attached hydrogens (tertiary/aromatic N) is 2. The molecule has 3 N–H and O–H groups in total. The standard InChI is InChI=1S/C11H25N3O/c1-5-8-14(6-2)9-7-11(3,4)10(12)13-15/h15H,5-9H2,1-4H3,(H2,12,13). The van der Waals surface area contributed by atoms with Crippen LogP contribution in [-0.2, 0) is 0 Å². The molecule has 0 aromatic heterocycles.